The topological polar surface area (TPSA) is 101 Å². The average molecular weight is 493 g/mol. The Morgan fingerprint density at radius 2 is 1.34 bits per heavy atom. The molecule has 3 aromatic carbocycles. The number of carbonyl (C=O) groups excluding carboxylic acids is 3. The SMILES string of the molecule is CC(=O)c1ccc(NC(=O)C(CC(C)C)N(C(=O)c2ccccc2)S(=O)(=O)c2ccccc2)cc1. The Morgan fingerprint density at radius 3 is 1.86 bits per heavy atom. The van der Waals surface area contributed by atoms with Gasteiger partial charge in [-0.05, 0) is 67.8 Å². The number of benzene rings is 3. The van der Waals surface area contributed by atoms with Crippen LogP contribution in [0.15, 0.2) is 89.8 Å². The zero-order chi connectivity index (χ0) is 25.6. The van der Waals surface area contributed by atoms with Crippen LogP contribution in [0.1, 0.15) is 47.9 Å². The van der Waals surface area contributed by atoms with Crippen molar-refractivity contribution in [2.75, 3.05) is 5.32 Å². The van der Waals surface area contributed by atoms with Crippen molar-refractivity contribution < 1.29 is 22.8 Å². The monoisotopic (exact) mass is 492 g/mol. The van der Waals surface area contributed by atoms with Crippen molar-refractivity contribution in [1.82, 2.24) is 4.31 Å². The maximum Gasteiger partial charge on any atom is 0.268 e. The van der Waals surface area contributed by atoms with Crippen molar-refractivity contribution in [2.45, 2.75) is 38.1 Å². The number of sulfonamides is 1. The van der Waals surface area contributed by atoms with Gasteiger partial charge in [0.05, 0.1) is 4.90 Å². The summed E-state index contributed by atoms with van der Waals surface area (Å²) in [6.07, 6.45) is 0.113. The summed E-state index contributed by atoms with van der Waals surface area (Å²) in [5, 5.41) is 2.72. The quantitative estimate of drug-likeness (QED) is 0.434. The normalized spacial score (nSPS) is 12.1. The Kier molecular flexibility index (Phi) is 8.19. The van der Waals surface area contributed by atoms with Gasteiger partial charge in [-0.15, -0.1) is 0 Å². The zero-order valence-corrected chi connectivity index (χ0v) is 20.7. The fraction of sp³-hybridized carbons (Fsp3) is 0.222. The second-order valence-corrected chi connectivity index (χ2v) is 10.4. The molecule has 0 aromatic heterocycles. The van der Waals surface area contributed by atoms with Crippen LogP contribution < -0.4 is 5.32 Å². The van der Waals surface area contributed by atoms with Gasteiger partial charge in [0, 0.05) is 16.8 Å². The van der Waals surface area contributed by atoms with Gasteiger partial charge < -0.3 is 5.32 Å². The van der Waals surface area contributed by atoms with Crippen molar-refractivity contribution in [3.8, 4) is 0 Å². The molecule has 1 unspecified atom stereocenters. The third-order valence-electron chi connectivity index (χ3n) is 5.36. The zero-order valence-electron chi connectivity index (χ0n) is 19.8. The van der Waals surface area contributed by atoms with E-state index in [0.717, 1.165) is 0 Å². The fourth-order valence-corrected chi connectivity index (χ4v) is 5.17. The van der Waals surface area contributed by atoms with Crippen LogP contribution in [0.25, 0.3) is 0 Å². The first-order chi connectivity index (χ1) is 16.6. The van der Waals surface area contributed by atoms with Crippen LogP contribution in [-0.2, 0) is 14.8 Å². The molecule has 1 N–H and O–H groups in total. The van der Waals surface area contributed by atoms with Crippen molar-refractivity contribution in [3.63, 3.8) is 0 Å². The van der Waals surface area contributed by atoms with Gasteiger partial charge in [-0.1, -0.05) is 50.2 Å². The van der Waals surface area contributed by atoms with E-state index >= 15 is 0 Å². The second kappa shape index (κ2) is 11.1. The lowest BCUT2D eigenvalue weighted by atomic mass is 10.0. The van der Waals surface area contributed by atoms with E-state index in [1.165, 1.54) is 31.2 Å². The third-order valence-corrected chi connectivity index (χ3v) is 7.17. The van der Waals surface area contributed by atoms with Crippen LogP contribution in [0.4, 0.5) is 5.69 Å². The molecule has 35 heavy (non-hydrogen) atoms. The first-order valence-electron chi connectivity index (χ1n) is 11.2. The second-order valence-electron chi connectivity index (χ2n) is 8.55. The molecule has 0 fully saturated rings. The Balaban J connectivity index is 2.07. The summed E-state index contributed by atoms with van der Waals surface area (Å²) in [4.78, 5) is 38.5. The maximum atomic E-state index is 13.7. The third kappa shape index (κ3) is 6.22. The van der Waals surface area contributed by atoms with Crippen LogP contribution in [0, 0.1) is 5.92 Å². The van der Waals surface area contributed by atoms with Gasteiger partial charge in [-0.25, -0.2) is 12.7 Å². The minimum atomic E-state index is -4.37. The largest absolute Gasteiger partial charge is 0.324 e. The first kappa shape index (κ1) is 25.8. The highest BCUT2D eigenvalue weighted by Crippen LogP contribution is 2.26. The highest BCUT2D eigenvalue weighted by Gasteiger charge is 2.40. The summed E-state index contributed by atoms with van der Waals surface area (Å²) in [5.74, 6) is -1.64. The molecule has 0 saturated carbocycles. The Morgan fingerprint density at radius 1 is 0.800 bits per heavy atom. The number of rotatable bonds is 9. The molecule has 3 aromatic rings. The van der Waals surface area contributed by atoms with E-state index in [4.69, 9.17) is 0 Å². The van der Waals surface area contributed by atoms with Gasteiger partial charge in [0.2, 0.25) is 5.91 Å². The molecule has 3 rings (SSSR count). The van der Waals surface area contributed by atoms with Gasteiger partial charge in [-0.3, -0.25) is 14.4 Å². The molecule has 1 atom stereocenters. The van der Waals surface area contributed by atoms with Gasteiger partial charge in [0.25, 0.3) is 15.9 Å². The number of carbonyl (C=O) groups is 3. The molecule has 0 bridgehead atoms. The van der Waals surface area contributed by atoms with E-state index in [1.54, 1.807) is 60.7 Å². The molecule has 2 amide bonds. The van der Waals surface area contributed by atoms with E-state index < -0.39 is 27.9 Å². The number of anilines is 1. The summed E-state index contributed by atoms with van der Waals surface area (Å²) in [7, 11) is -4.37. The maximum absolute atomic E-state index is 13.7. The highest BCUT2D eigenvalue weighted by molar-refractivity contribution is 7.89. The van der Waals surface area contributed by atoms with Gasteiger partial charge in [0.1, 0.15) is 6.04 Å². The van der Waals surface area contributed by atoms with Crippen molar-refractivity contribution >= 4 is 33.3 Å². The van der Waals surface area contributed by atoms with E-state index in [-0.39, 0.29) is 28.6 Å². The minimum absolute atomic E-state index is 0.0864. The summed E-state index contributed by atoms with van der Waals surface area (Å²) in [6.45, 7) is 5.14. The minimum Gasteiger partial charge on any atom is -0.324 e. The molecule has 0 aliphatic rings. The molecule has 7 nitrogen and oxygen atoms in total. The smallest absolute Gasteiger partial charge is 0.268 e. The van der Waals surface area contributed by atoms with Crippen LogP contribution in [0.5, 0.6) is 0 Å². The standard InChI is InChI=1S/C27H28N2O5S/c1-19(2)18-25(26(31)28-23-16-14-21(15-17-23)20(3)30)29(27(32)22-10-6-4-7-11-22)35(33,34)24-12-8-5-9-13-24/h4-17,19,25H,18H2,1-3H3,(H,28,31). The Hall–Kier alpha value is -3.78. The average Bonchev–Trinajstić information content (AvgIpc) is 2.84. The molecule has 8 heteroatoms. The number of hydrogen-bond acceptors (Lipinski definition) is 5. The molecule has 0 heterocycles. The molecule has 182 valence electrons. The van der Waals surface area contributed by atoms with Crippen molar-refractivity contribution in [3.05, 3.63) is 96.1 Å². The highest BCUT2D eigenvalue weighted by atomic mass is 32.2. The number of ketones is 1. The van der Waals surface area contributed by atoms with Gasteiger partial charge in [-0.2, -0.15) is 0 Å². The Labute approximate surface area is 205 Å². The molecule has 0 aliphatic carbocycles. The summed E-state index contributed by atoms with van der Waals surface area (Å²) < 4.78 is 28.2. The molecule has 0 radical (unpaired) electrons. The van der Waals surface area contributed by atoms with E-state index in [2.05, 4.69) is 5.32 Å². The van der Waals surface area contributed by atoms with Crippen LogP contribution >= 0.6 is 0 Å². The van der Waals surface area contributed by atoms with Crippen LogP contribution in [-0.4, -0.2) is 36.4 Å². The molecule has 0 saturated heterocycles. The number of hydrogen-bond donors (Lipinski definition) is 1. The van der Waals surface area contributed by atoms with E-state index in [9.17, 15) is 22.8 Å². The van der Waals surface area contributed by atoms with E-state index in [1.807, 2.05) is 13.8 Å². The lowest BCUT2D eigenvalue weighted by Gasteiger charge is -2.31. The molecule has 0 aliphatic heterocycles. The van der Waals surface area contributed by atoms with E-state index in [0.29, 0.717) is 15.6 Å². The predicted octanol–water partition coefficient (Wildman–Crippen LogP) is 4.77. The predicted molar refractivity (Wildman–Crippen MR) is 135 cm³/mol. The number of Topliss-reactive ketones (excluding diaryl/α,β-unsaturated/α-hetero) is 1. The number of nitrogens with one attached hydrogen (secondary N) is 1. The summed E-state index contributed by atoms with van der Waals surface area (Å²) in [6, 6.07) is 20.6. The summed E-state index contributed by atoms with van der Waals surface area (Å²) in [5.41, 5.74) is 1.02. The lowest BCUT2D eigenvalue weighted by Crippen LogP contribution is -2.51. The lowest BCUT2D eigenvalue weighted by molar-refractivity contribution is -0.119. The summed E-state index contributed by atoms with van der Waals surface area (Å²) >= 11 is 0. The number of amides is 2. The first-order valence-corrected chi connectivity index (χ1v) is 12.7. The molecular weight excluding hydrogens is 464 g/mol. The van der Waals surface area contributed by atoms with Crippen LogP contribution in [0.3, 0.4) is 0 Å². The molecule has 0 spiro atoms. The van der Waals surface area contributed by atoms with Crippen LogP contribution in [0.2, 0.25) is 0 Å². The fourth-order valence-electron chi connectivity index (χ4n) is 3.60. The van der Waals surface area contributed by atoms with Gasteiger partial charge in [0.15, 0.2) is 5.78 Å². The molecular formula is C27H28N2O5S. The van der Waals surface area contributed by atoms with Crippen molar-refractivity contribution in [2.24, 2.45) is 5.92 Å². The van der Waals surface area contributed by atoms with Gasteiger partial charge >= 0.3 is 0 Å². The number of nitrogens with zero attached hydrogens (tertiary/aromatic N) is 1. The Bertz CT molecular complexity index is 1290. The van der Waals surface area contributed by atoms with Crippen molar-refractivity contribution in [1.29, 1.82) is 0 Å².